The molecule has 12 nitrogen and oxygen atoms in total. The van der Waals surface area contributed by atoms with Crippen molar-refractivity contribution < 1.29 is 67.7 Å². The van der Waals surface area contributed by atoms with Crippen molar-refractivity contribution in [3.05, 3.63) is 36.5 Å². The SMILES string of the molecule is O=[N+]([O-])Nn1cc([N+](=O)[O-])nc1[N+](=O)[O-].[H-].[K+]. The zero-order valence-electron chi connectivity index (χ0n) is 8.76. The van der Waals surface area contributed by atoms with Crippen molar-refractivity contribution in [2.75, 3.05) is 5.53 Å². The molecule has 0 aromatic carbocycles. The topological polar surface area (TPSA) is 159 Å². The van der Waals surface area contributed by atoms with Crippen LogP contribution in [0.1, 0.15) is 1.43 Å². The molecule has 0 radical (unpaired) electrons. The van der Waals surface area contributed by atoms with Gasteiger partial charge in [0.2, 0.25) is 0 Å². The standard InChI is InChI=1S/C3H2N6O6.K.H/c10-7(11)2-1-6(5-9(14)15)3(4-2)8(12)13;;/h1,5H;;/q;+1;-1. The molecule has 0 saturated heterocycles. The van der Waals surface area contributed by atoms with E-state index in [4.69, 9.17) is 0 Å². The van der Waals surface area contributed by atoms with Crippen LogP contribution in [-0.2, 0) is 0 Å². The van der Waals surface area contributed by atoms with Gasteiger partial charge in [0, 0.05) is 5.03 Å². The maximum atomic E-state index is 10.3. The fourth-order valence-electron chi connectivity index (χ4n) is 0.737. The molecule has 13 heteroatoms. The Hall–Kier alpha value is -1.15. The molecule has 1 aromatic rings. The summed E-state index contributed by atoms with van der Waals surface area (Å²) in [6.45, 7) is 0. The minimum atomic E-state index is -1.11. The van der Waals surface area contributed by atoms with Gasteiger partial charge in [-0.3, -0.25) is 0 Å². The van der Waals surface area contributed by atoms with Gasteiger partial charge < -0.3 is 31.8 Å². The molecule has 1 heterocycles. The Morgan fingerprint density at radius 2 is 1.81 bits per heavy atom. The normalized spacial score (nSPS) is 9.00. The van der Waals surface area contributed by atoms with Crippen LogP contribution >= 0.6 is 0 Å². The Labute approximate surface area is 130 Å². The third-order valence-corrected chi connectivity index (χ3v) is 1.21. The van der Waals surface area contributed by atoms with E-state index in [9.17, 15) is 30.3 Å². The third kappa shape index (κ3) is 3.45. The Morgan fingerprint density at radius 3 is 2.19 bits per heavy atom. The number of aromatic nitrogens is 2. The first-order valence-electron chi connectivity index (χ1n) is 3.21. The van der Waals surface area contributed by atoms with E-state index in [0.717, 1.165) is 0 Å². The van der Waals surface area contributed by atoms with Gasteiger partial charge in [-0.05, 0) is 14.8 Å². The van der Waals surface area contributed by atoms with E-state index in [1.54, 1.807) is 0 Å². The van der Waals surface area contributed by atoms with Gasteiger partial charge in [-0.2, -0.15) is 0 Å². The number of nitrogens with one attached hydrogen (secondary N) is 1. The van der Waals surface area contributed by atoms with E-state index in [0.29, 0.717) is 6.20 Å². The summed E-state index contributed by atoms with van der Waals surface area (Å²) in [6.07, 6.45) is 0.529. The summed E-state index contributed by atoms with van der Waals surface area (Å²) in [4.78, 5) is 31.3. The van der Waals surface area contributed by atoms with Gasteiger partial charge in [-0.1, -0.05) is 10.2 Å². The summed E-state index contributed by atoms with van der Waals surface area (Å²) in [5, 5.41) is 29.3. The number of imidazole rings is 1. The van der Waals surface area contributed by atoms with Crippen molar-refractivity contribution in [2.45, 2.75) is 0 Å². The predicted octanol–water partition coefficient (Wildman–Crippen LogP) is -3.45. The zero-order chi connectivity index (χ0) is 11.6. The summed E-state index contributed by atoms with van der Waals surface area (Å²) in [5.41, 5.74) is 1.36. The molecule has 0 aliphatic carbocycles. The Balaban J connectivity index is 0. The van der Waals surface area contributed by atoms with Crippen molar-refractivity contribution >= 4 is 11.8 Å². The summed E-state index contributed by atoms with van der Waals surface area (Å²) in [6, 6.07) is 0. The van der Waals surface area contributed by atoms with Gasteiger partial charge in [0.25, 0.3) is 0 Å². The van der Waals surface area contributed by atoms with Gasteiger partial charge in [-0.25, -0.2) is 0 Å². The average molecular weight is 258 g/mol. The van der Waals surface area contributed by atoms with Crippen LogP contribution in [0.25, 0.3) is 0 Å². The molecule has 0 amide bonds. The first-order chi connectivity index (χ1) is 6.91. The van der Waals surface area contributed by atoms with E-state index >= 15 is 0 Å². The van der Waals surface area contributed by atoms with Gasteiger partial charge in [0.15, 0.2) is 6.20 Å². The van der Waals surface area contributed by atoms with Crippen LogP contribution in [0.4, 0.5) is 11.8 Å². The van der Waals surface area contributed by atoms with E-state index in [2.05, 4.69) is 4.98 Å². The van der Waals surface area contributed by atoms with Crippen LogP contribution in [0.3, 0.4) is 0 Å². The molecule has 0 saturated carbocycles. The van der Waals surface area contributed by atoms with Crippen molar-refractivity contribution in [3.8, 4) is 0 Å². The van der Waals surface area contributed by atoms with E-state index in [-0.39, 0.29) is 57.5 Å². The first kappa shape index (κ1) is 14.8. The number of hydrazine groups is 1. The maximum Gasteiger partial charge on any atom is 1.00 e. The third-order valence-electron chi connectivity index (χ3n) is 1.21. The van der Waals surface area contributed by atoms with Crippen LogP contribution < -0.4 is 56.9 Å². The van der Waals surface area contributed by atoms with Crippen molar-refractivity contribution in [3.63, 3.8) is 0 Å². The Morgan fingerprint density at radius 1 is 1.25 bits per heavy atom. The number of nitro groups is 3. The Bertz CT molecular complexity index is 447. The summed E-state index contributed by atoms with van der Waals surface area (Å²) < 4.78 is 0.234. The molecule has 1 N–H and O–H groups in total. The second-order valence-corrected chi connectivity index (χ2v) is 2.14. The second-order valence-electron chi connectivity index (χ2n) is 2.14. The summed E-state index contributed by atoms with van der Waals surface area (Å²) in [5.74, 6) is -1.91. The predicted molar refractivity (Wildman–Crippen MR) is 43.0 cm³/mol. The van der Waals surface area contributed by atoms with Gasteiger partial charge >= 0.3 is 63.2 Å². The van der Waals surface area contributed by atoms with Gasteiger partial charge in [0.05, 0.1) is 0 Å². The zero-order valence-corrected chi connectivity index (χ0v) is 10.9. The minimum Gasteiger partial charge on any atom is -1.00 e. The molecule has 0 fully saturated rings. The molecule has 0 aliphatic heterocycles. The molecular formula is C3H3KN6O6. The molecule has 0 atom stereocenters. The van der Waals surface area contributed by atoms with Crippen LogP contribution in [-0.4, -0.2) is 24.5 Å². The van der Waals surface area contributed by atoms with Gasteiger partial charge in [0.1, 0.15) is 0 Å². The Kier molecular flexibility index (Phi) is 5.38. The summed E-state index contributed by atoms with van der Waals surface area (Å²) >= 11 is 0. The minimum absolute atomic E-state index is 0. The average Bonchev–Trinajstić information content (AvgIpc) is 2.46. The smallest absolute Gasteiger partial charge is 1.00 e. The number of rotatable bonds is 4. The van der Waals surface area contributed by atoms with E-state index < -0.39 is 26.6 Å². The van der Waals surface area contributed by atoms with Crippen LogP contribution in [0.15, 0.2) is 6.20 Å². The van der Waals surface area contributed by atoms with Crippen molar-refractivity contribution in [2.24, 2.45) is 0 Å². The van der Waals surface area contributed by atoms with Crippen LogP contribution in [0.2, 0.25) is 0 Å². The first-order valence-corrected chi connectivity index (χ1v) is 3.21. The maximum absolute atomic E-state index is 10.3. The molecule has 16 heavy (non-hydrogen) atoms. The fourth-order valence-corrected chi connectivity index (χ4v) is 0.737. The second kappa shape index (κ2) is 5.80. The van der Waals surface area contributed by atoms with Crippen molar-refractivity contribution in [1.29, 1.82) is 0 Å². The fraction of sp³-hybridized carbons (Fsp3) is 0. The molecule has 1 aromatic heterocycles. The van der Waals surface area contributed by atoms with E-state index in [1.807, 2.05) is 0 Å². The quantitative estimate of drug-likeness (QED) is 0.331. The van der Waals surface area contributed by atoms with Gasteiger partial charge in [-0.15, -0.1) is 0 Å². The molecule has 0 bridgehead atoms. The molecule has 0 spiro atoms. The van der Waals surface area contributed by atoms with E-state index in [1.165, 1.54) is 5.53 Å². The summed E-state index contributed by atoms with van der Waals surface area (Å²) in [7, 11) is 0. The van der Waals surface area contributed by atoms with Crippen LogP contribution in [0, 0.1) is 30.3 Å². The van der Waals surface area contributed by atoms with Crippen molar-refractivity contribution in [1.82, 2.24) is 9.66 Å². The number of hydrogen-bond acceptors (Lipinski definition) is 7. The number of nitrogens with zero attached hydrogens (tertiary/aromatic N) is 5. The molecule has 82 valence electrons. The van der Waals surface area contributed by atoms with Crippen LogP contribution in [0.5, 0.6) is 0 Å². The number of hydrogen-bond donors (Lipinski definition) is 1. The molecule has 0 aliphatic rings. The molecular weight excluding hydrogens is 255 g/mol. The molecule has 1 rings (SSSR count). The largest absolute Gasteiger partial charge is 1.00 e. The monoisotopic (exact) mass is 258 g/mol. The molecule has 0 unspecified atom stereocenters.